The molecule has 1 amide bonds. The van der Waals surface area contributed by atoms with Crippen molar-refractivity contribution in [1.29, 1.82) is 0 Å². The molecule has 5 rings (SSSR count). The number of benzene rings is 2. The number of carbonyl (C=O) groups excluding carboxylic acids is 1. The van der Waals surface area contributed by atoms with E-state index in [0.29, 0.717) is 11.6 Å². The molecule has 1 saturated carbocycles. The third kappa shape index (κ3) is 3.33. The molecule has 3 aromatic rings. The number of halogens is 1. The number of ether oxygens (including phenoxy) is 1. The Morgan fingerprint density at radius 1 is 1.14 bits per heavy atom. The number of aromatic nitrogens is 1. The van der Waals surface area contributed by atoms with E-state index in [2.05, 4.69) is 4.98 Å². The molecule has 29 heavy (non-hydrogen) atoms. The number of amides is 1. The summed E-state index contributed by atoms with van der Waals surface area (Å²) in [4.78, 5) is 18.4. The SMILES string of the molecule is O=C(OC1CCCC1)N1CCc2c([nH]c3ccc(Cl)cc23)[C@@H]1c1ccc(O)cc1. The van der Waals surface area contributed by atoms with Crippen molar-refractivity contribution in [1.82, 2.24) is 9.88 Å². The first kappa shape index (κ1) is 18.4. The van der Waals surface area contributed by atoms with Crippen LogP contribution in [0.3, 0.4) is 0 Å². The van der Waals surface area contributed by atoms with Crippen LogP contribution in [0.15, 0.2) is 42.5 Å². The van der Waals surface area contributed by atoms with Gasteiger partial charge in [-0.15, -0.1) is 0 Å². The fourth-order valence-corrected chi connectivity index (χ4v) is 4.85. The predicted octanol–water partition coefficient (Wildman–Crippen LogP) is 5.55. The van der Waals surface area contributed by atoms with Gasteiger partial charge in [0.1, 0.15) is 17.9 Å². The molecule has 1 atom stereocenters. The number of H-pyrrole nitrogens is 1. The number of phenols is 1. The van der Waals surface area contributed by atoms with Crippen molar-refractivity contribution in [3.63, 3.8) is 0 Å². The fraction of sp³-hybridized carbons (Fsp3) is 0.348. The molecule has 2 N–H and O–H groups in total. The predicted molar refractivity (Wildman–Crippen MR) is 112 cm³/mol. The van der Waals surface area contributed by atoms with E-state index in [9.17, 15) is 9.90 Å². The van der Waals surface area contributed by atoms with E-state index in [1.807, 2.05) is 35.2 Å². The molecule has 150 valence electrons. The maximum atomic E-state index is 13.1. The first-order valence-corrected chi connectivity index (χ1v) is 10.5. The second kappa shape index (κ2) is 7.30. The first-order valence-electron chi connectivity index (χ1n) is 10.2. The lowest BCUT2D eigenvalue weighted by Gasteiger charge is -2.36. The van der Waals surface area contributed by atoms with Crippen molar-refractivity contribution in [2.75, 3.05) is 6.54 Å². The first-order chi connectivity index (χ1) is 14.1. The third-order valence-electron chi connectivity index (χ3n) is 6.10. The molecule has 1 aliphatic heterocycles. The molecule has 1 aliphatic carbocycles. The van der Waals surface area contributed by atoms with Gasteiger partial charge in [-0.3, -0.25) is 4.90 Å². The standard InChI is InChI=1S/C23H23ClN2O3/c24-15-7-10-20-19(13-15)18-11-12-26(23(28)29-17-3-1-2-4-17)22(21(18)25-20)14-5-8-16(27)9-6-14/h5-10,13,17,22,25,27H,1-4,11-12H2/t22-/m0/s1. The molecule has 0 bridgehead atoms. The molecule has 0 saturated heterocycles. The number of hydrogen-bond donors (Lipinski definition) is 2. The summed E-state index contributed by atoms with van der Waals surface area (Å²) in [7, 11) is 0. The van der Waals surface area contributed by atoms with Crippen molar-refractivity contribution in [2.45, 2.75) is 44.2 Å². The van der Waals surface area contributed by atoms with Crippen molar-refractivity contribution in [2.24, 2.45) is 0 Å². The van der Waals surface area contributed by atoms with Crippen molar-refractivity contribution in [3.8, 4) is 5.75 Å². The highest BCUT2D eigenvalue weighted by atomic mass is 35.5. The summed E-state index contributed by atoms with van der Waals surface area (Å²) >= 11 is 6.24. The number of aromatic amines is 1. The summed E-state index contributed by atoms with van der Waals surface area (Å²) < 4.78 is 5.84. The summed E-state index contributed by atoms with van der Waals surface area (Å²) in [6, 6.07) is 12.6. The zero-order chi connectivity index (χ0) is 20.0. The average Bonchev–Trinajstić information content (AvgIpc) is 3.35. The highest BCUT2D eigenvalue weighted by molar-refractivity contribution is 6.31. The molecular formula is C23H23ClN2O3. The molecule has 2 aliphatic rings. The molecule has 1 fully saturated rings. The van der Waals surface area contributed by atoms with Gasteiger partial charge < -0.3 is 14.8 Å². The lowest BCUT2D eigenvalue weighted by atomic mass is 9.92. The van der Waals surface area contributed by atoms with E-state index in [4.69, 9.17) is 16.3 Å². The average molecular weight is 411 g/mol. The van der Waals surface area contributed by atoms with E-state index in [0.717, 1.165) is 54.3 Å². The normalized spacial score (nSPS) is 19.5. The number of nitrogens with zero attached hydrogens (tertiary/aromatic N) is 1. The van der Waals surface area contributed by atoms with Crippen LogP contribution in [-0.2, 0) is 11.2 Å². The minimum Gasteiger partial charge on any atom is -0.508 e. The summed E-state index contributed by atoms with van der Waals surface area (Å²) in [5.41, 5.74) is 4.12. The smallest absolute Gasteiger partial charge is 0.410 e. The Bertz CT molecular complexity index is 1050. The van der Waals surface area contributed by atoms with Crippen LogP contribution in [0.25, 0.3) is 10.9 Å². The Morgan fingerprint density at radius 2 is 1.90 bits per heavy atom. The van der Waals surface area contributed by atoms with Crippen LogP contribution < -0.4 is 0 Å². The zero-order valence-electron chi connectivity index (χ0n) is 16.0. The van der Waals surface area contributed by atoms with Gasteiger partial charge in [0.15, 0.2) is 0 Å². The fourth-order valence-electron chi connectivity index (χ4n) is 4.68. The van der Waals surface area contributed by atoms with Crippen LogP contribution in [-0.4, -0.2) is 33.7 Å². The van der Waals surface area contributed by atoms with Gasteiger partial charge >= 0.3 is 6.09 Å². The summed E-state index contributed by atoms with van der Waals surface area (Å²) in [5, 5.41) is 11.5. The maximum absolute atomic E-state index is 13.1. The van der Waals surface area contributed by atoms with Gasteiger partial charge in [0.25, 0.3) is 0 Å². The Kier molecular flexibility index (Phi) is 4.63. The molecule has 0 radical (unpaired) electrons. The number of carbonyl (C=O) groups is 1. The summed E-state index contributed by atoms with van der Waals surface area (Å²) in [6.45, 7) is 0.573. The molecule has 2 aromatic carbocycles. The summed E-state index contributed by atoms with van der Waals surface area (Å²) in [5.74, 6) is 0.202. The van der Waals surface area contributed by atoms with Crippen molar-refractivity contribution < 1.29 is 14.6 Å². The lowest BCUT2D eigenvalue weighted by Crippen LogP contribution is -2.42. The summed E-state index contributed by atoms with van der Waals surface area (Å²) in [6.07, 6.45) is 4.62. The number of aromatic hydroxyl groups is 1. The Hall–Kier alpha value is -2.66. The Labute approximate surface area is 174 Å². The topological polar surface area (TPSA) is 65.6 Å². The van der Waals surface area contributed by atoms with Crippen molar-refractivity contribution >= 4 is 28.6 Å². The third-order valence-corrected chi connectivity index (χ3v) is 6.34. The maximum Gasteiger partial charge on any atom is 0.410 e. The highest BCUT2D eigenvalue weighted by Crippen LogP contribution is 2.40. The minimum atomic E-state index is -0.292. The number of hydrogen-bond acceptors (Lipinski definition) is 3. The van der Waals surface area contributed by atoms with E-state index < -0.39 is 0 Å². The van der Waals surface area contributed by atoms with Crippen LogP contribution in [0.2, 0.25) is 5.02 Å². The lowest BCUT2D eigenvalue weighted by molar-refractivity contribution is 0.0551. The van der Waals surface area contributed by atoms with E-state index in [1.54, 1.807) is 12.1 Å². The monoisotopic (exact) mass is 410 g/mol. The molecular weight excluding hydrogens is 388 g/mol. The highest BCUT2D eigenvalue weighted by Gasteiger charge is 2.36. The number of fused-ring (bicyclic) bond motifs is 3. The van der Waals surface area contributed by atoms with Crippen LogP contribution >= 0.6 is 11.6 Å². The van der Waals surface area contributed by atoms with Crippen LogP contribution in [0.5, 0.6) is 5.75 Å². The Morgan fingerprint density at radius 3 is 2.66 bits per heavy atom. The van der Waals surface area contributed by atoms with Crippen molar-refractivity contribution in [3.05, 3.63) is 64.3 Å². The number of phenolic OH excluding ortho intramolecular Hbond substituents is 1. The van der Waals surface area contributed by atoms with Gasteiger partial charge in [0.05, 0.1) is 0 Å². The van der Waals surface area contributed by atoms with Crippen LogP contribution in [0, 0.1) is 0 Å². The molecule has 0 spiro atoms. The molecule has 6 heteroatoms. The van der Waals surface area contributed by atoms with Crippen LogP contribution in [0.1, 0.15) is 48.5 Å². The number of rotatable bonds is 2. The molecule has 5 nitrogen and oxygen atoms in total. The van der Waals surface area contributed by atoms with E-state index >= 15 is 0 Å². The molecule has 1 aromatic heterocycles. The van der Waals surface area contributed by atoms with Crippen LogP contribution in [0.4, 0.5) is 4.79 Å². The van der Waals surface area contributed by atoms with Gasteiger partial charge in [0, 0.05) is 28.2 Å². The zero-order valence-corrected chi connectivity index (χ0v) is 16.8. The number of nitrogens with one attached hydrogen (secondary N) is 1. The van der Waals surface area contributed by atoms with Gasteiger partial charge in [0.2, 0.25) is 0 Å². The molecule has 2 heterocycles. The molecule has 0 unspecified atom stereocenters. The van der Waals surface area contributed by atoms with Gasteiger partial charge in [-0.2, -0.15) is 0 Å². The second-order valence-electron chi connectivity index (χ2n) is 7.93. The van der Waals surface area contributed by atoms with E-state index in [-0.39, 0.29) is 24.0 Å². The largest absolute Gasteiger partial charge is 0.508 e. The van der Waals surface area contributed by atoms with Gasteiger partial charge in [-0.1, -0.05) is 23.7 Å². The second-order valence-corrected chi connectivity index (χ2v) is 8.37. The van der Waals surface area contributed by atoms with E-state index in [1.165, 1.54) is 5.56 Å². The Balaban J connectivity index is 1.58. The van der Waals surface area contributed by atoms with Gasteiger partial charge in [-0.05, 0) is 73.6 Å². The van der Waals surface area contributed by atoms with Gasteiger partial charge in [-0.25, -0.2) is 4.79 Å². The minimum absolute atomic E-state index is 0.0193. The quantitative estimate of drug-likeness (QED) is 0.581.